The lowest BCUT2D eigenvalue weighted by molar-refractivity contribution is 1.11. The van der Waals surface area contributed by atoms with E-state index >= 15 is 0 Å². The van der Waals surface area contributed by atoms with Crippen molar-refractivity contribution in [1.29, 1.82) is 0 Å². The van der Waals surface area contributed by atoms with Gasteiger partial charge >= 0.3 is 0 Å². The molecule has 0 aliphatic carbocycles. The fourth-order valence-corrected chi connectivity index (χ4v) is 2.35. The molecule has 0 spiro atoms. The molecule has 12 heavy (non-hydrogen) atoms. The molecule has 0 atom stereocenters. The van der Waals surface area contributed by atoms with Crippen molar-refractivity contribution in [3.05, 3.63) is 23.9 Å². The van der Waals surface area contributed by atoms with Crippen LogP contribution in [0.4, 0.5) is 5.69 Å². The van der Waals surface area contributed by atoms with Gasteiger partial charge < -0.3 is 5.32 Å². The topological polar surface area (TPSA) is 24.9 Å². The van der Waals surface area contributed by atoms with Crippen LogP contribution in [-0.2, 0) is 6.42 Å². The average Bonchev–Trinajstić information content (AvgIpc) is 2.64. The third-order valence-electron chi connectivity index (χ3n) is 2.29. The van der Waals surface area contributed by atoms with Crippen LogP contribution in [0.2, 0.25) is 0 Å². The van der Waals surface area contributed by atoms with Gasteiger partial charge in [-0.2, -0.15) is 4.37 Å². The van der Waals surface area contributed by atoms with Crippen LogP contribution >= 0.6 is 11.5 Å². The Kier molecular flexibility index (Phi) is 1.18. The number of anilines is 1. The Morgan fingerprint density at radius 1 is 1.42 bits per heavy atom. The van der Waals surface area contributed by atoms with Gasteiger partial charge in [-0.25, -0.2) is 0 Å². The van der Waals surface area contributed by atoms with Gasteiger partial charge in [0.15, 0.2) is 0 Å². The molecule has 2 nitrogen and oxygen atoms in total. The van der Waals surface area contributed by atoms with Crippen LogP contribution in [0.1, 0.15) is 5.56 Å². The molecule has 3 rings (SSSR count). The maximum absolute atomic E-state index is 4.16. The minimum absolute atomic E-state index is 1.08. The lowest BCUT2D eigenvalue weighted by atomic mass is 10.1. The smallest absolute Gasteiger partial charge is 0.0554 e. The van der Waals surface area contributed by atoms with Crippen molar-refractivity contribution in [3.63, 3.8) is 0 Å². The first-order valence-electron chi connectivity index (χ1n) is 4.05. The summed E-state index contributed by atoms with van der Waals surface area (Å²) < 4.78 is 5.46. The molecule has 0 bridgehead atoms. The van der Waals surface area contributed by atoms with E-state index in [0.29, 0.717) is 0 Å². The van der Waals surface area contributed by atoms with Gasteiger partial charge in [-0.3, -0.25) is 0 Å². The summed E-state index contributed by atoms with van der Waals surface area (Å²) in [4.78, 5) is 0. The molecular formula is C9H8N2S. The van der Waals surface area contributed by atoms with Crippen molar-refractivity contribution < 1.29 is 0 Å². The van der Waals surface area contributed by atoms with E-state index in [-0.39, 0.29) is 0 Å². The summed E-state index contributed by atoms with van der Waals surface area (Å²) in [7, 11) is 0. The second-order valence-corrected chi connectivity index (χ2v) is 3.88. The summed E-state index contributed by atoms with van der Waals surface area (Å²) in [5.74, 6) is 0. The Morgan fingerprint density at radius 2 is 2.42 bits per heavy atom. The zero-order valence-electron chi connectivity index (χ0n) is 6.50. The van der Waals surface area contributed by atoms with Gasteiger partial charge in [-0.1, -0.05) is 0 Å². The normalized spacial score (nSPS) is 14.7. The molecule has 0 saturated heterocycles. The van der Waals surface area contributed by atoms with Gasteiger partial charge in [0.05, 0.1) is 4.70 Å². The van der Waals surface area contributed by atoms with Crippen LogP contribution in [0.25, 0.3) is 10.1 Å². The molecule has 1 N–H and O–H groups in total. The van der Waals surface area contributed by atoms with E-state index in [2.05, 4.69) is 21.8 Å². The van der Waals surface area contributed by atoms with Gasteiger partial charge in [0.1, 0.15) is 0 Å². The van der Waals surface area contributed by atoms with Crippen LogP contribution in [0.3, 0.4) is 0 Å². The van der Waals surface area contributed by atoms with E-state index in [4.69, 9.17) is 0 Å². The second kappa shape index (κ2) is 2.20. The Morgan fingerprint density at radius 3 is 3.42 bits per heavy atom. The first-order chi connectivity index (χ1) is 5.93. The molecule has 0 radical (unpaired) electrons. The number of nitrogens with zero attached hydrogens (tertiary/aromatic N) is 1. The van der Waals surface area contributed by atoms with Crippen molar-refractivity contribution in [2.75, 3.05) is 11.9 Å². The van der Waals surface area contributed by atoms with E-state index in [0.717, 1.165) is 13.0 Å². The third kappa shape index (κ3) is 0.770. The number of hydrogen-bond acceptors (Lipinski definition) is 3. The molecule has 60 valence electrons. The SMILES string of the molecule is c1nsc2cc3c(cc12)NCC3. The van der Waals surface area contributed by atoms with E-state index in [1.165, 1.54) is 21.3 Å². The molecule has 1 aromatic heterocycles. The largest absolute Gasteiger partial charge is 0.384 e. The van der Waals surface area contributed by atoms with Gasteiger partial charge in [0.25, 0.3) is 0 Å². The zero-order valence-corrected chi connectivity index (χ0v) is 7.32. The predicted octanol–water partition coefficient (Wildman–Crippen LogP) is 2.26. The van der Waals surface area contributed by atoms with Gasteiger partial charge in [0, 0.05) is 23.8 Å². The molecule has 2 aromatic rings. The van der Waals surface area contributed by atoms with Crippen LogP contribution < -0.4 is 5.32 Å². The van der Waals surface area contributed by atoms with E-state index in [1.807, 2.05) is 6.20 Å². The monoisotopic (exact) mass is 176 g/mol. The summed E-state index contributed by atoms with van der Waals surface area (Å²) in [6.45, 7) is 1.08. The second-order valence-electron chi connectivity index (χ2n) is 3.05. The number of hydrogen-bond donors (Lipinski definition) is 1. The molecule has 0 saturated carbocycles. The maximum Gasteiger partial charge on any atom is 0.0554 e. The van der Waals surface area contributed by atoms with Gasteiger partial charge in [-0.05, 0) is 35.6 Å². The molecule has 1 aliphatic heterocycles. The number of nitrogens with one attached hydrogen (secondary N) is 1. The molecule has 1 aromatic carbocycles. The van der Waals surface area contributed by atoms with Crippen molar-refractivity contribution in [1.82, 2.24) is 4.37 Å². The maximum atomic E-state index is 4.16. The third-order valence-corrected chi connectivity index (χ3v) is 3.05. The molecule has 1 aliphatic rings. The highest BCUT2D eigenvalue weighted by Gasteiger charge is 2.10. The quantitative estimate of drug-likeness (QED) is 0.666. The summed E-state index contributed by atoms with van der Waals surface area (Å²) in [5, 5.41) is 4.62. The van der Waals surface area contributed by atoms with Crippen molar-refractivity contribution in [3.8, 4) is 0 Å². The van der Waals surface area contributed by atoms with Crippen LogP contribution in [0.15, 0.2) is 18.3 Å². The number of benzene rings is 1. The first kappa shape index (κ1) is 6.43. The highest BCUT2D eigenvalue weighted by atomic mass is 32.1. The number of fused-ring (bicyclic) bond motifs is 2. The lowest BCUT2D eigenvalue weighted by Crippen LogP contribution is -1.90. The minimum Gasteiger partial charge on any atom is -0.384 e. The molecule has 2 heterocycles. The fraction of sp³-hybridized carbons (Fsp3) is 0.222. The predicted molar refractivity (Wildman–Crippen MR) is 51.8 cm³/mol. The van der Waals surface area contributed by atoms with Gasteiger partial charge in [0.2, 0.25) is 0 Å². The molecule has 0 unspecified atom stereocenters. The van der Waals surface area contributed by atoms with Crippen molar-refractivity contribution >= 4 is 27.3 Å². The Hall–Kier alpha value is -1.09. The molecular weight excluding hydrogens is 168 g/mol. The minimum atomic E-state index is 1.08. The molecule has 3 heteroatoms. The van der Waals surface area contributed by atoms with E-state index in [1.54, 1.807) is 11.5 Å². The number of aromatic nitrogens is 1. The highest BCUT2D eigenvalue weighted by Crippen LogP contribution is 2.29. The molecule has 0 fully saturated rings. The number of rotatable bonds is 0. The fourth-order valence-electron chi connectivity index (χ4n) is 1.66. The summed E-state index contributed by atoms with van der Waals surface area (Å²) in [6, 6.07) is 4.45. The van der Waals surface area contributed by atoms with Crippen LogP contribution in [0.5, 0.6) is 0 Å². The van der Waals surface area contributed by atoms with E-state index in [9.17, 15) is 0 Å². The standard InChI is InChI=1S/C9H8N2S/c1-2-10-8-3-7-5-11-12-9(7)4-6(1)8/h3-5,10H,1-2H2. The Labute approximate surface area is 74.4 Å². The van der Waals surface area contributed by atoms with Crippen molar-refractivity contribution in [2.45, 2.75) is 6.42 Å². The van der Waals surface area contributed by atoms with E-state index < -0.39 is 0 Å². The summed E-state index contributed by atoms with van der Waals surface area (Å²) in [5.41, 5.74) is 2.73. The Balaban J connectivity index is 2.38. The molecule has 0 amide bonds. The zero-order chi connectivity index (χ0) is 7.97. The average molecular weight is 176 g/mol. The summed E-state index contributed by atoms with van der Waals surface area (Å²) in [6.07, 6.45) is 3.09. The Bertz CT molecular complexity index is 395. The van der Waals surface area contributed by atoms with Crippen molar-refractivity contribution in [2.24, 2.45) is 0 Å². The highest BCUT2D eigenvalue weighted by molar-refractivity contribution is 7.13. The van der Waals surface area contributed by atoms with Crippen LogP contribution in [0, 0.1) is 0 Å². The first-order valence-corrected chi connectivity index (χ1v) is 4.82. The lowest BCUT2D eigenvalue weighted by Gasteiger charge is -1.97. The van der Waals surface area contributed by atoms with Crippen LogP contribution in [-0.4, -0.2) is 10.9 Å². The summed E-state index contributed by atoms with van der Waals surface area (Å²) >= 11 is 1.58. The van der Waals surface area contributed by atoms with Gasteiger partial charge in [-0.15, -0.1) is 0 Å².